The van der Waals surface area contributed by atoms with E-state index in [1.54, 1.807) is 12.1 Å². The third-order valence-corrected chi connectivity index (χ3v) is 2.72. The second-order valence-electron chi connectivity index (χ2n) is 2.96. The molecule has 0 aliphatic rings. The van der Waals surface area contributed by atoms with E-state index in [0.29, 0.717) is 9.99 Å². The van der Waals surface area contributed by atoms with Crippen molar-refractivity contribution in [3.05, 3.63) is 34.2 Å². The van der Waals surface area contributed by atoms with Gasteiger partial charge in [0.2, 0.25) is 0 Å². The Morgan fingerprint density at radius 3 is 2.93 bits per heavy atom. The molecular weight excluding hydrogens is 265 g/mol. The first kappa shape index (κ1) is 10.1. The maximum Gasteiger partial charge on any atom is 0.267 e. The molecule has 0 aliphatic heterocycles. The van der Waals surface area contributed by atoms with Crippen LogP contribution in [0.1, 0.15) is 10.4 Å². The summed E-state index contributed by atoms with van der Waals surface area (Å²) in [7, 11) is 0. The summed E-state index contributed by atoms with van der Waals surface area (Å²) >= 11 is 3.05. The van der Waals surface area contributed by atoms with Crippen LogP contribution in [0.4, 0.5) is 4.39 Å². The van der Waals surface area contributed by atoms with Gasteiger partial charge in [-0.25, -0.2) is 10.2 Å². The number of hydrogen-bond acceptors (Lipinski definition) is 2. The van der Waals surface area contributed by atoms with Crippen molar-refractivity contribution in [2.24, 2.45) is 5.84 Å². The number of rotatable bonds is 1. The quantitative estimate of drug-likeness (QED) is 0.420. The monoisotopic (exact) mass is 271 g/mol. The van der Waals surface area contributed by atoms with E-state index in [1.165, 1.54) is 6.20 Å². The molecule has 1 amide bonds. The first-order valence-corrected chi connectivity index (χ1v) is 4.90. The highest BCUT2D eigenvalue weighted by molar-refractivity contribution is 9.10. The number of halogens is 2. The van der Waals surface area contributed by atoms with Gasteiger partial charge in [-0.05, 0) is 28.1 Å². The molecule has 6 heteroatoms. The number of amides is 1. The summed E-state index contributed by atoms with van der Waals surface area (Å²) in [5.41, 5.74) is 2.70. The minimum Gasteiger partial charge on any atom is -0.360 e. The van der Waals surface area contributed by atoms with Crippen LogP contribution in [0, 0.1) is 5.82 Å². The molecule has 0 aliphatic carbocycles. The average Bonchev–Trinajstić information content (AvgIpc) is 2.67. The number of benzene rings is 1. The van der Waals surface area contributed by atoms with E-state index in [4.69, 9.17) is 5.84 Å². The minimum atomic E-state index is -0.529. The van der Waals surface area contributed by atoms with E-state index in [1.807, 2.05) is 5.43 Å². The third-order valence-electron chi connectivity index (χ3n) is 2.11. The van der Waals surface area contributed by atoms with Crippen LogP contribution < -0.4 is 11.3 Å². The zero-order chi connectivity index (χ0) is 11.0. The van der Waals surface area contributed by atoms with Crippen molar-refractivity contribution < 1.29 is 9.18 Å². The summed E-state index contributed by atoms with van der Waals surface area (Å²) in [5.74, 6) is 3.99. The first-order valence-electron chi connectivity index (χ1n) is 4.11. The molecule has 2 rings (SSSR count). The SMILES string of the molecule is NNC(=O)c1c[nH]c2ccc(Br)c(F)c12. The largest absolute Gasteiger partial charge is 0.360 e. The standard InChI is InChI=1S/C9H7BrFN3O/c10-5-1-2-6-7(8(5)11)4(3-13-6)9(15)14-12/h1-3,13H,12H2,(H,14,15). The van der Waals surface area contributed by atoms with E-state index in [9.17, 15) is 9.18 Å². The number of fused-ring (bicyclic) bond motifs is 1. The predicted molar refractivity (Wildman–Crippen MR) is 57.6 cm³/mol. The van der Waals surface area contributed by atoms with Gasteiger partial charge in [0.15, 0.2) is 0 Å². The van der Waals surface area contributed by atoms with Crippen molar-refractivity contribution in [2.45, 2.75) is 0 Å². The molecule has 0 saturated carbocycles. The number of carbonyl (C=O) groups excluding carboxylic acids is 1. The van der Waals surface area contributed by atoms with Gasteiger partial charge in [-0.2, -0.15) is 0 Å². The first-order chi connectivity index (χ1) is 7.15. The van der Waals surface area contributed by atoms with Gasteiger partial charge in [0.25, 0.3) is 5.91 Å². The van der Waals surface area contributed by atoms with Crippen LogP contribution in [-0.4, -0.2) is 10.9 Å². The van der Waals surface area contributed by atoms with Crippen LogP contribution in [-0.2, 0) is 0 Å². The predicted octanol–water partition coefficient (Wildman–Crippen LogP) is 1.67. The lowest BCUT2D eigenvalue weighted by Gasteiger charge is -1.99. The summed E-state index contributed by atoms with van der Waals surface area (Å²) in [6, 6.07) is 3.24. The van der Waals surface area contributed by atoms with Crippen molar-refractivity contribution in [1.82, 2.24) is 10.4 Å². The van der Waals surface area contributed by atoms with E-state index < -0.39 is 11.7 Å². The Balaban J connectivity index is 2.77. The Morgan fingerprint density at radius 2 is 2.27 bits per heavy atom. The number of nitrogen functional groups attached to an aromatic ring is 1. The molecule has 0 spiro atoms. The van der Waals surface area contributed by atoms with Crippen molar-refractivity contribution >= 4 is 32.7 Å². The van der Waals surface area contributed by atoms with Crippen LogP contribution in [0.3, 0.4) is 0 Å². The summed E-state index contributed by atoms with van der Waals surface area (Å²) in [6.45, 7) is 0. The van der Waals surface area contributed by atoms with Gasteiger partial charge in [-0.15, -0.1) is 0 Å². The molecule has 0 saturated heterocycles. The average molecular weight is 272 g/mol. The molecule has 1 aromatic carbocycles. The second-order valence-corrected chi connectivity index (χ2v) is 3.81. The molecule has 0 atom stereocenters. The van der Waals surface area contributed by atoms with Crippen LogP contribution in [0.15, 0.2) is 22.8 Å². The number of nitrogens with two attached hydrogens (primary N) is 1. The van der Waals surface area contributed by atoms with Crippen LogP contribution in [0.2, 0.25) is 0 Å². The van der Waals surface area contributed by atoms with Crippen molar-refractivity contribution in [3.8, 4) is 0 Å². The van der Waals surface area contributed by atoms with Gasteiger partial charge in [0.05, 0.1) is 10.0 Å². The van der Waals surface area contributed by atoms with Crippen molar-refractivity contribution in [1.29, 1.82) is 0 Å². The summed E-state index contributed by atoms with van der Waals surface area (Å²) in [5, 5.41) is 0.229. The number of H-pyrrole nitrogens is 1. The number of hydrazine groups is 1. The molecule has 1 aromatic heterocycles. The van der Waals surface area contributed by atoms with Crippen LogP contribution in [0.5, 0.6) is 0 Å². The highest BCUT2D eigenvalue weighted by atomic mass is 79.9. The number of nitrogens with one attached hydrogen (secondary N) is 2. The highest BCUT2D eigenvalue weighted by Gasteiger charge is 2.16. The molecular formula is C9H7BrFN3O. The van der Waals surface area contributed by atoms with Gasteiger partial charge in [0, 0.05) is 17.1 Å². The summed E-state index contributed by atoms with van der Waals surface area (Å²) in [4.78, 5) is 14.1. The van der Waals surface area contributed by atoms with Gasteiger partial charge in [-0.3, -0.25) is 10.2 Å². The minimum absolute atomic E-state index is 0.186. The Labute approximate surface area is 92.7 Å². The Morgan fingerprint density at radius 1 is 1.53 bits per heavy atom. The zero-order valence-corrected chi connectivity index (χ0v) is 9.06. The Kier molecular flexibility index (Phi) is 2.45. The number of aromatic amines is 1. The molecule has 0 fully saturated rings. The number of carbonyl (C=O) groups is 1. The molecule has 0 bridgehead atoms. The molecule has 0 radical (unpaired) electrons. The van der Waals surface area contributed by atoms with Gasteiger partial charge in [-0.1, -0.05) is 0 Å². The Bertz CT molecular complexity index is 537. The molecule has 4 N–H and O–H groups in total. The third kappa shape index (κ3) is 1.51. The summed E-state index contributed by atoms with van der Waals surface area (Å²) < 4.78 is 14.0. The van der Waals surface area contributed by atoms with Gasteiger partial charge in [0.1, 0.15) is 5.82 Å². The highest BCUT2D eigenvalue weighted by Crippen LogP contribution is 2.27. The lowest BCUT2D eigenvalue weighted by atomic mass is 10.1. The molecule has 1 heterocycles. The topological polar surface area (TPSA) is 70.9 Å². The van der Waals surface area contributed by atoms with Gasteiger partial charge >= 0.3 is 0 Å². The van der Waals surface area contributed by atoms with Crippen molar-refractivity contribution in [2.75, 3.05) is 0 Å². The van der Waals surface area contributed by atoms with Crippen LogP contribution in [0.25, 0.3) is 10.9 Å². The molecule has 15 heavy (non-hydrogen) atoms. The van der Waals surface area contributed by atoms with Gasteiger partial charge < -0.3 is 4.98 Å². The lowest BCUT2D eigenvalue weighted by Crippen LogP contribution is -2.29. The fourth-order valence-corrected chi connectivity index (χ4v) is 1.74. The zero-order valence-electron chi connectivity index (χ0n) is 7.47. The molecule has 78 valence electrons. The summed E-state index contributed by atoms with van der Waals surface area (Å²) in [6.07, 6.45) is 1.42. The lowest BCUT2D eigenvalue weighted by molar-refractivity contribution is 0.0955. The van der Waals surface area contributed by atoms with Crippen molar-refractivity contribution in [3.63, 3.8) is 0 Å². The maximum absolute atomic E-state index is 13.7. The molecule has 2 aromatic rings. The van der Waals surface area contributed by atoms with E-state index in [0.717, 1.165) is 0 Å². The van der Waals surface area contributed by atoms with E-state index in [-0.39, 0.29) is 10.9 Å². The molecule has 0 unspecified atom stereocenters. The fraction of sp³-hybridized carbons (Fsp3) is 0. The van der Waals surface area contributed by atoms with E-state index >= 15 is 0 Å². The smallest absolute Gasteiger partial charge is 0.267 e. The van der Waals surface area contributed by atoms with E-state index in [2.05, 4.69) is 20.9 Å². The Hall–Kier alpha value is -1.40. The molecule has 4 nitrogen and oxygen atoms in total. The van der Waals surface area contributed by atoms with Crippen LogP contribution >= 0.6 is 15.9 Å². The normalized spacial score (nSPS) is 10.6. The number of hydrogen-bond donors (Lipinski definition) is 3. The number of aromatic nitrogens is 1. The fourth-order valence-electron chi connectivity index (χ4n) is 1.41. The maximum atomic E-state index is 13.7. The second kappa shape index (κ2) is 3.63.